The van der Waals surface area contributed by atoms with E-state index in [-0.39, 0.29) is 10.8 Å². The second-order valence-electron chi connectivity index (χ2n) is 6.34. The molecule has 1 aromatic carbocycles. The molecule has 0 bridgehead atoms. The van der Waals surface area contributed by atoms with Gasteiger partial charge in [0.2, 0.25) is 0 Å². The monoisotopic (exact) mass is 382 g/mol. The second kappa shape index (κ2) is 9.37. The lowest BCUT2D eigenvalue weighted by Crippen LogP contribution is -2.41. The quantitative estimate of drug-likeness (QED) is 0.699. The molecule has 1 aliphatic heterocycles. The SMILES string of the molecule is COc1c(F)cc(CN(CCN2CCOCC2)Cc2ccco2)cc1Cl. The Morgan fingerprint density at radius 2 is 2.08 bits per heavy atom. The zero-order chi connectivity index (χ0) is 18.4. The van der Waals surface area contributed by atoms with Crippen LogP contribution in [-0.2, 0) is 17.8 Å². The smallest absolute Gasteiger partial charge is 0.173 e. The highest BCUT2D eigenvalue weighted by atomic mass is 35.5. The van der Waals surface area contributed by atoms with Crippen LogP contribution >= 0.6 is 11.6 Å². The van der Waals surface area contributed by atoms with E-state index in [1.807, 2.05) is 12.1 Å². The highest BCUT2D eigenvalue weighted by Crippen LogP contribution is 2.29. The molecule has 7 heteroatoms. The zero-order valence-electron chi connectivity index (χ0n) is 14.9. The molecule has 2 aromatic rings. The van der Waals surface area contributed by atoms with Gasteiger partial charge < -0.3 is 13.9 Å². The number of methoxy groups -OCH3 is 1. The highest BCUT2D eigenvalue weighted by Gasteiger charge is 2.16. The second-order valence-corrected chi connectivity index (χ2v) is 6.74. The van der Waals surface area contributed by atoms with Gasteiger partial charge in [0.15, 0.2) is 11.6 Å². The van der Waals surface area contributed by atoms with Crippen LogP contribution in [-0.4, -0.2) is 56.3 Å². The molecule has 26 heavy (non-hydrogen) atoms. The Morgan fingerprint density at radius 1 is 1.27 bits per heavy atom. The van der Waals surface area contributed by atoms with E-state index in [4.69, 9.17) is 25.5 Å². The predicted octanol–water partition coefficient (Wildman–Crippen LogP) is 3.42. The van der Waals surface area contributed by atoms with Crippen LogP contribution in [0.25, 0.3) is 0 Å². The molecule has 2 heterocycles. The van der Waals surface area contributed by atoms with Crippen molar-refractivity contribution in [2.45, 2.75) is 13.1 Å². The molecule has 0 atom stereocenters. The first-order valence-electron chi connectivity index (χ1n) is 8.72. The van der Waals surface area contributed by atoms with E-state index < -0.39 is 5.82 Å². The summed E-state index contributed by atoms with van der Waals surface area (Å²) in [5, 5.41) is 0.286. The minimum atomic E-state index is -0.443. The number of morpholine rings is 1. The van der Waals surface area contributed by atoms with Crippen molar-refractivity contribution in [3.05, 3.63) is 52.7 Å². The van der Waals surface area contributed by atoms with E-state index in [0.29, 0.717) is 13.1 Å². The number of ether oxygens (including phenoxy) is 2. The van der Waals surface area contributed by atoms with Crippen molar-refractivity contribution in [2.75, 3.05) is 46.5 Å². The van der Waals surface area contributed by atoms with Gasteiger partial charge in [0.05, 0.1) is 38.2 Å². The fraction of sp³-hybridized carbons (Fsp3) is 0.474. The van der Waals surface area contributed by atoms with E-state index in [2.05, 4.69) is 9.80 Å². The topological polar surface area (TPSA) is 38.1 Å². The van der Waals surface area contributed by atoms with Crippen LogP contribution in [0.4, 0.5) is 4.39 Å². The van der Waals surface area contributed by atoms with Crippen molar-refractivity contribution in [1.82, 2.24) is 9.80 Å². The third-order valence-electron chi connectivity index (χ3n) is 4.46. The Labute approximate surface area is 158 Å². The van der Waals surface area contributed by atoms with Crippen molar-refractivity contribution >= 4 is 11.6 Å². The van der Waals surface area contributed by atoms with Gasteiger partial charge in [-0.15, -0.1) is 0 Å². The van der Waals surface area contributed by atoms with Crippen LogP contribution in [0.15, 0.2) is 34.9 Å². The third kappa shape index (κ3) is 5.20. The largest absolute Gasteiger partial charge is 0.492 e. The predicted molar refractivity (Wildman–Crippen MR) is 98.0 cm³/mol. The Morgan fingerprint density at radius 3 is 2.73 bits per heavy atom. The maximum atomic E-state index is 14.1. The Bertz CT molecular complexity index is 667. The van der Waals surface area contributed by atoms with Gasteiger partial charge in [-0.2, -0.15) is 0 Å². The van der Waals surface area contributed by atoms with E-state index in [0.717, 1.165) is 50.7 Å². The average molecular weight is 383 g/mol. The van der Waals surface area contributed by atoms with Crippen molar-refractivity contribution < 1.29 is 18.3 Å². The minimum Gasteiger partial charge on any atom is -0.492 e. The zero-order valence-corrected chi connectivity index (χ0v) is 15.7. The van der Waals surface area contributed by atoms with Gasteiger partial charge in [0, 0.05) is 32.7 Å². The van der Waals surface area contributed by atoms with Gasteiger partial charge in [0.1, 0.15) is 5.76 Å². The molecule has 5 nitrogen and oxygen atoms in total. The maximum Gasteiger partial charge on any atom is 0.173 e. The first kappa shape index (κ1) is 19.2. The molecule has 3 rings (SSSR count). The van der Waals surface area contributed by atoms with Crippen LogP contribution in [0.1, 0.15) is 11.3 Å². The fourth-order valence-electron chi connectivity index (χ4n) is 3.10. The molecule has 0 radical (unpaired) electrons. The summed E-state index contributed by atoms with van der Waals surface area (Å²) in [6, 6.07) is 7.06. The van der Waals surface area contributed by atoms with Gasteiger partial charge in [-0.05, 0) is 29.8 Å². The van der Waals surface area contributed by atoms with E-state index in [1.54, 1.807) is 12.3 Å². The number of rotatable bonds is 8. The summed E-state index contributed by atoms with van der Waals surface area (Å²) < 4.78 is 30.0. The normalized spacial score (nSPS) is 15.5. The van der Waals surface area contributed by atoms with Crippen molar-refractivity contribution in [1.29, 1.82) is 0 Å². The first-order chi connectivity index (χ1) is 12.7. The van der Waals surface area contributed by atoms with Crippen LogP contribution in [0.3, 0.4) is 0 Å². The van der Waals surface area contributed by atoms with Gasteiger partial charge in [-0.1, -0.05) is 11.6 Å². The summed E-state index contributed by atoms with van der Waals surface area (Å²) >= 11 is 6.14. The van der Waals surface area contributed by atoms with Crippen LogP contribution in [0.2, 0.25) is 5.02 Å². The molecule has 0 unspecified atom stereocenters. The average Bonchev–Trinajstić information content (AvgIpc) is 3.13. The van der Waals surface area contributed by atoms with E-state index >= 15 is 0 Å². The van der Waals surface area contributed by atoms with Gasteiger partial charge >= 0.3 is 0 Å². The van der Waals surface area contributed by atoms with Crippen molar-refractivity contribution in [2.24, 2.45) is 0 Å². The molecular formula is C19H24ClFN2O3. The number of halogens is 2. The minimum absolute atomic E-state index is 0.0846. The molecule has 1 aliphatic rings. The molecule has 142 valence electrons. The summed E-state index contributed by atoms with van der Waals surface area (Å²) in [4.78, 5) is 4.60. The van der Waals surface area contributed by atoms with Crippen LogP contribution in [0, 0.1) is 5.82 Å². The molecular weight excluding hydrogens is 359 g/mol. The lowest BCUT2D eigenvalue weighted by molar-refractivity contribution is 0.0321. The molecule has 0 N–H and O–H groups in total. The summed E-state index contributed by atoms with van der Waals surface area (Å²) in [6.45, 7) is 6.43. The fourth-order valence-corrected chi connectivity index (χ4v) is 3.41. The standard InChI is InChI=1S/C19H24ClFN2O3/c1-24-19-17(20)11-15(12-18(19)21)13-23(14-16-3-2-8-26-16)5-4-22-6-9-25-10-7-22/h2-3,8,11-12H,4-7,9-10,13-14H2,1H3. The maximum absolute atomic E-state index is 14.1. The summed E-state index contributed by atoms with van der Waals surface area (Å²) in [6.07, 6.45) is 1.67. The number of hydrogen-bond acceptors (Lipinski definition) is 5. The number of furan rings is 1. The number of hydrogen-bond donors (Lipinski definition) is 0. The van der Waals surface area contributed by atoms with Crippen LogP contribution < -0.4 is 4.74 Å². The summed E-state index contributed by atoms with van der Waals surface area (Å²) in [7, 11) is 1.41. The Kier molecular flexibility index (Phi) is 6.91. The molecule has 0 spiro atoms. The van der Waals surface area contributed by atoms with E-state index in [9.17, 15) is 4.39 Å². The molecule has 1 saturated heterocycles. The summed E-state index contributed by atoms with van der Waals surface area (Å²) in [5.74, 6) is 0.523. The van der Waals surface area contributed by atoms with Crippen molar-refractivity contribution in [3.63, 3.8) is 0 Å². The number of benzene rings is 1. The molecule has 0 aliphatic carbocycles. The van der Waals surface area contributed by atoms with Gasteiger partial charge in [-0.3, -0.25) is 9.80 Å². The summed E-state index contributed by atoms with van der Waals surface area (Å²) in [5.41, 5.74) is 0.807. The lowest BCUT2D eigenvalue weighted by Gasteiger charge is -2.30. The Balaban J connectivity index is 1.68. The lowest BCUT2D eigenvalue weighted by atomic mass is 10.2. The van der Waals surface area contributed by atoms with Gasteiger partial charge in [-0.25, -0.2) is 4.39 Å². The Hall–Kier alpha value is -1.60. The number of nitrogens with zero attached hydrogens (tertiary/aromatic N) is 2. The molecule has 1 aromatic heterocycles. The van der Waals surface area contributed by atoms with Crippen molar-refractivity contribution in [3.8, 4) is 5.75 Å². The molecule has 0 amide bonds. The van der Waals surface area contributed by atoms with Gasteiger partial charge in [0.25, 0.3) is 0 Å². The molecule has 1 fully saturated rings. The highest BCUT2D eigenvalue weighted by molar-refractivity contribution is 6.32. The first-order valence-corrected chi connectivity index (χ1v) is 9.10. The van der Waals surface area contributed by atoms with Crippen LogP contribution in [0.5, 0.6) is 5.75 Å². The third-order valence-corrected chi connectivity index (χ3v) is 4.74. The molecule has 0 saturated carbocycles. The van der Waals surface area contributed by atoms with E-state index in [1.165, 1.54) is 13.2 Å².